The molecule has 15 heavy (non-hydrogen) atoms. The molecule has 2 aromatic carbocycles. The van der Waals surface area contributed by atoms with Crippen molar-refractivity contribution in [1.29, 1.82) is 0 Å². The Hall–Kier alpha value is -1.28. The second-order valence-electron chi connectivity index (χ2n) is 3.54. The fourth-order valence-electron chi connectivity index (χ4n) is 1.47. The highest BCUT2D eigenvalue weighted by atomic mass is 79.9. The molecule has 0 saturated heterocycles. The highest BCUT2D eigenvalue weighted by molar-refractivity contribution is 9.10. The summed E-state index contributed by atoms with van der Waals surface area (Å²) < 4.78 is 1.11. The standard InChI is InChI=1S/C13H12BrN/c14-12-5-1-10(2-6-12)9-11-3-7-13(15)8-4-11/h1-8H,9,15H2. The van der Waals surface area contributed by atoms with Gasteiger partial charge in [0.2, 0.25) is 0 Å². The largest absolute Gasteiger partial charge is 0.399 e. The molecule has 0 aliphatic carbocycles. The fraction of sp³-hybridized carbons (Fsp3) is 0.0769. The van der Waals surface area contributed by atoms with Crippen LogP contribution in [0.25, 0.3) is 0 Å². The van der Waals surface area contributed by atoms with Gasteiger partial charge in [-0.15, -0.1) is 0 Å². The molecular weight excluding hydrogens is 250 g/mol. The van der Waals surface area contributed by atoms with Crippen LogP contribution in [0.2, 0.25) is 0 Å². The quantitative estimate of drug-likeness (QED) is 0.822. The van der Waals surface area contributed by atoms with E-state index < -0.39 is 0 Å². The molecule has 0 aliphatic rings. The van der Waals surface area contributed by atoms with Crippen LogP contribution in [0.15, 0.2) is 53.0 Å². The van der Waals surface area contributed by atoms with E-state index >= 15 is 0 Å². The maximum Gasteiger partial charge on any atom is 0.0314 e. The van der Waals surface area contributed by atoms with E-state index in [1.54, 1.807) is 0 Å². The van der Waals surface area contributed by atoms with Gasteiger partial charge in [0.1, 0.15) is 0 Å². The van der Waals surface area contributed by atoms with Crippen LogP contribution >= 0.6 is 15.9 Å². The van der Waals surface area contributed by atoms with E-state index in [9.17, 15) is 0 Å². The molecule has 76 valence electrons. The summed E-state index contributed by atoms with van der Waals surface area (Å²) in [5, 5.41) is 0. The van der Waals surface area contributed by atoms with Crippen molar-refractivity contribution in [3.8, 4) is 0 Å². The predicted octanol–water partition coefficient (Wildman–Crippen LogP) is 3.62. The van der Waals surface area contributed by atoms with Crippen molar-refractivity contribution >= 4 is 21.6 Å². The van der Waals surface area contributed by atoms with Gasteiger partial charge in [0.15, 0.2) is 0 Å². The summed E-state index contributed by atoms with van der Waals surface area (Å²) in [6.07, 6.45) is 0.952. The van der Waals surface area contributed by atoms with Crippen LogP contribution in [0.4, 0.5) is 5.69 Å². The van der Waals surface area contributed by atoms with Crippen molar-refractivity contribution < 1.29 is 0 Å². The molecule has 2 N–H and O–H groups in total. The molecule has 0 aromatic heterocycles. The Bertz CT molecular complexity index is 388. The molecule has 0 radical (unpaired) electrons. The Morgan fingerprint density at radius 3 is 1.80 bits per heavy atom. The summed E-state index contributed by atoms with van der Waals surface area (Å²) in [5.41, 5.74) is 9.04. The molecule has 0 heterocycles. The first-order chi connectivity index (χ1) is 7.24. The molecule has 0 unspecified atom stereocenters. The van der Waals surface area contributed by atoms with Gasteiger partial charge in [0.05, 0.1) is 0 Å². The van der Waals surface area contributed by atoms with E-state index in [0.29, 0.717) is 0 Å². The number of hydrogen-bond acceptors (Lipinski definition) is 1. The first-order valence-electron chi connectivity index (χ1n) is 4.83. The van der Waals surface area contributed by atoms with Gasteiger partial charge in [0, 0.05) is 10.2 Å². The lowest BCUT2D eigenvalue weighted by atomic mass is 10.1. The van der Waals surface area contributed by atoms with Gasteiger partial charge < -0.3 is 5.73 Å². The van der Waals surface area contributed by atoms with Gasteiger partial charge in [0.25, 0.3) is 0 Å². The minimum Gasteiger partial charge on any atom is -0.399 e. The van der Waals surface area contributed by atoms with Crippen LogP contribution in [0.5, 0.6) is 0 Å². The second-order valence-corrected chi connectivity index (χ2v) is 4.46. The van der Waals surface area contributed by atoms with Gasteiger partial charge in [-0.3, -0.25) is 0 Å². The summed E-state index contributed by atoms with van der Waals surface area (Å²) in [4.78, 5) is 0. The molecule has 0 atom stereocenters. The molecule has 0 fully saturated rings. The Balaban J connectivity index is 2.15. The average molecular weight is 262 g/mol. The number of anilines is 1. The Morgan fingerprint density at radius 2 is 1.27 bits per heavy atom. The lowest BCUT2D eigenvalue weighted by Crippen LogP contribution is -1.89. The van der Waals surface area contributed by atoms with E-state index in [2.05, 4.69) is 52.3 Å². The molecule has 0 amide bonds. The topological polar surface area (TPSA) is 26.0 Å². The summed E-state index contributed by atoms with van der Waals surface area (Å²) in [6.45, 7) is 0. The molecule has 0 saturated carbocycles. The lowest BCUT2D eigenvalue weighted by molar-refractivity contribution is 1.19. The zero-order valence-corrected chi connectivity index (χ0v) is 9.87. The summed E-state index contributed by atoms with van der Waals surface area (Å²) in [6, 6.07) is 16.4. The van der Waals surface area contributed by atoms with E-state index in [0.717, 1.165) is 16.6 Å². The molecule has 0 bridgehead atoms. The van der Waals surface area contributed by atoms with Crippen molar-refractivity contribution in [3.63, 3.8) is 0 Å². The van der Waals surface area contributed by atoms with Gasteiger partial charge >= 0.3 is 0 Å². The highest BCUT2D eigenvalue weighted by Crippen LogP contribution is 2.14. The van der Waals surface area contributed by atoms with Crippen LogP contribution in [0, 0.1) is 0 Å². The van der Waals surface area contributed by atoms with Crippen LogP contribution in [0.1, 0.15) is 11.1 Å². The number of halogens is 1. The van der Waals surface area contributed by atoms with Crippen molar-refractivity contribution in [1.82, 2.24) is 0 Å². The Morgan fingerprint density at radius 1 is 0.800 bits per heavy atom. The minimum atomic E-state index is 0.814. The molecule has 0 aliphatic heterocycles. The van der Waals surface area contributed by atoms with E-state index in [-0.39, 0.29) is 0 Å². The molecule has 0 spiro atoms. The minimum absolute atomic E-state index is 0.814. The van der Waals surface area contributed by atoms with Gasteiger partial charge in [-0.25, -0.2) is 0 Å². The Labute approximate surface area is 98.1 Å². The highest BCUT2D eigenvalue weighted by Gasteiger charge is 1.96. The monoisotopic (exact) mass is 261 g/mol. The van der Waals surface area contributed by atoms with Gasteiger partial charge in [-0.1, -0.05) is 40.2 Å². The molecule has 2 heteroatoms. The van der Waals surface area contributed by atoms with Gasteiger partial charge in [-0.2, -0.15) is 0 Å². The van der Waals surface area contributed by atoms with Crippen LogP contribution in [0.3, 0.4) is 0 Å². The summed E-state index contributed by atoms with van der Waals surface area (Å²) >= 11 is 3.42. The van der Waals surface area contributed by atoms with Crippen LogP contribution in [-0.2, 0) is 6.42 Å². The third-order valence-electron chi connectivity index (χ3n) is 2.30. The van der Waals surface area contributed by atoms with Crippen molar-refractivity contribution in [2.24, 2.45) is 0 Å². The summed E-state index contributed by atoms with van der Waals surface area (Å²) in [5.74, 6) is 0. The SMILES string of the molecule is Nc1ccc(Cc2ccc(Br)cc2)cc1. The smallest absolute Gasteiger partial charge is 0.0314 e. The molecule has 2 aromatic rings. The van der Waals surface area contributed by atoms with E-state index in [4.69, 9.17) is 5.73 Å². The van der Waals surface area contributed by atoms with Crippen molar-refractivity contribution in [2.45, 2.75) is 6.42 Å². The van der Waals surface area contributed by atoms with E-state index in [1.165, 1.54) is 11.1 Å². The fourth-order valence-corrected chi connectivity index (χ4v) is 1.74. The predicted molar refractivity (Wildman–Crippen MR) is 67.8 cm³/mol. The first kappa shape index (κ1) is 10.2. The molecular formula is C13H12BrN. The average Bonchev–Trinajstić information content (AvgIpc) is 2.25. The number of benzene rings is 2. The number of rotatable bonds is 2. The second kappa shape index (κ2) is 4.49. The molecule has 1 nitrogen and oxygen atoms in total. The summed E-state index contributed by atoms with van der Waals surface area (Å²) in [7, 11) is 0. The Kier molecular flexibility index (Phi) is 3.07. The third kappa shape index (κ3) is 2.83. The van der Waals surface area contributed by atoms with Crippen LogP contribution < -0.4 is 5.73 Å². The maximum atomic E-state index is 5.63. The molecule has 2 rings (SSSR count). The first-order valence-corrected chi connectivity index (χ1v) is 5.62. The third-order valence-corrected chi connectivity index (χ3v) is 2.83. The zero-order valence-electron chi connectivity index (χ0n) is 8.28. The van der Waals surface area contributed by atoms with E-state index in [1.807, 2.05) is 12.1 Å². The number of nitrogens with two attached hydrogens (primary N) is 1. The normalized spacial score (nSPS) is 10.2. The number of nitrogen functional groups attached to an aromatic ring is 1. The lowest BCUT2D eigenvalue weighted by Gasteiger charge is -2.02. The zero-order chi connectivity index (χ0) is 10.7. The van der Waals surface area contributed by atoms with Crippen molar-refractivity contribution in [3.05, 3.63) is 64.1 Å². The van der Waals surface area contributed by atoms with Crippen molar-refractivity contribution in [2.75, 3.05) is 5.73 Å². The van der Waals surface area contributed by atoms with Crippen LogP contribution in [-0.4, -0.2) is 0 Å². The maximum absolute atomic E-state index is 5.63. The van der Waals surface area contributed by atoms with Gasteiger partial charge in [-0.05, 0) is 41.8 Å². The number of hydrogen-bond donors (Lipinski definition) is 1.